The highest BCUT2D eigenvalue weighted by Gasteiger charge is 2.23. The first-order valence-electron chi connectivity index (χ1n) is 4.97. The van der Waals surface area contributed by atoms with Gasteiger partial charge in [-0.2, -0.15) is 11.8 Å². The second-order valence-corrected chi connectivity index (χ2v) is 7.32. The van der Waals surface area contributed by atoms with E-state index in [1.54, 1.807) is 13.8 Å². The molecule has 0 rings (SSSR count). The monoisotopic (exact) mass is 289 g/mol. The van der Waals surface area contributed by atoms with Gasteiger partial charge in [0.05, 0.1) is 11.4 Å². The van der Waals surface area contributed by atoms with Gasteiger partial charge in [-0.3, -0.25) is 0 Å². The molecule has 0 aliphatic heterocycles. The van der Waals surface area contributed by atoms with Crippen molar-refractivity contribution in [2.45, 2.75) is 19.4 Å². The smallest absolute Gasteiger partial charge is 0.211 e. The molecule has 7 heteroatoms. The van der Waals surface area contributed by atoms with Gasteiger partial charge in [0.25, 0.3) is 0 Å². The van der Waals surface area contributed by atoms with E-state index in [2.05, 4.69) is 4.72 Å². The summed E-state index contributed by atoms with van der Waals surface area (Å²) in [7, 11) is -3.35. The minimum atomic E-state index is -3.35. The third-order valence-corrected chi connectivity index (χ3v) is 4.92. The molecule has 0 heterocycles. The van der Waals surface area contributed by atoms with Gasteiger partial charge in [-0.25, -0.2) is 13.1 Å². The minimum Gasteiger partial charge on any atom is -0.388 e. The lowest BCUT2D eigenvalue weighted by Gasteiger charge is -2.22. The van der Waals surface area contributed by atoms with E-state index in [1.807, 2.05) is 6.26 Å². The molecule has 0 aromatic rings. The van der Waals surface area contributed by atoms with Gasteiger partial charge in [0.15, 0.2) is 0 Å². The summed E-state index contributed by atoms with van der Waals surface area (Å²) in [5.41, 5.74) is -1.02. The molecule has 0 saturated carbocycles. The highest BCUT2D eigenvalue weighted by molar-refractivity contribution is 7.98. The predicted molar refractivity (Wildman–Crippen MR) is 70.7 cm³/mol. The number of hydrogen-bond acceptors (Lipinski definition) is 4. The number of rotatable bonds is 8. The van der Waals surface area contributed by atoms with Gasteiger partial charge in [-0.05, 0) is 19.1 Å². The molecule has 0 spiro atoms. The molecule has 2 N–H and O–H groups in total. The molecule has 0 aliphatic rings. The Morgan fingerprint density at radius 2 is 2.12 bits per heavy atom. The molecule has 0 amide bonds. The van der Waals surface area contributed by atoms with Crippen molar-refractivity contribution in [3.63, 3.8) is 0 Å². The van der Waals surface area contributed by atoms with Gasteiger partial charge < -0.3 is 5.11 Å². The highest BCUT2D eigenvalue weighted by Crippen LogP contribution is 2.10. The highest BCUT2D eigenvalue weighted by atomic mass is 35.5. The maximum Gasteiger partial charge on any atom is 0.211 e. The fourth-order valence-corrected chi connectivity index (χ4v) is 3.58. The van der Waals surface area contributed by atoms with E-state index in [0.717, 1.165) is 0 Å². The van der Waals surface area contributed by atoms with Crippen LogP contribution in [-0.4, -0.2) is 49.3 Å². The Morgan fingerprint density at radius 1 is 1.56 bits per heavy atom. The van der Waals surface area contributed by atoms with Gasteiger partial charge in [-0.15, -0.1) is 11.6 Å². The van der Waals surface area contributed by atoms with Crippen molar-refractivity contribution in [1.29, 1.82) is 0 Å². The molecule has 0 aromatic carbocycles. The number of thioether (sulfide) groups is 1. The van der Waals surface area contributed by atoms with E-state index in [-0.39, 0.29) is 18.2 Å². The molecule has 2 atom stereocenters. The van der Waals surface area contributed by atoms with E-state index < -0.39 is 15.6 Å². The second kappa shape index (κ2) is 7.06. The Kier molecular flexibility index (Phi) is 7.28. The van der Waals surface area contributed by atoms with Crippen LogP contribution in [0.15, 0.2) is 0 Å². The molecule has 2 unspecified atom stereocenters. The first kappa shape index (κ1) is 16.5. The molecule has 0 saturated heterocycles. The van der Waals surface area contributed by atoms with Crippen molar-refractivity contribution in [1.82, 2.24) is 4.72 Å². The van der Waals surface area contributed by atoms with Crippen molar-refractivity contribution in [3.05, 3.63) is 0 Å². The van der Waals surface area contributed by atoms with Crippen LogP contribution in [-0.2, 0) is 10.0 Å². The molecule has 0 fully saturated rings. The lowest BCUT2D eigenvalue weighted by atomic mass is 10.1. The quantitative estimate of drug-likeness (QED) is 0.652. The Hall–Kier alpha value is 0.510. The molecule has 0 radical (unpaired) electrons. The van der Waals surface area contributed by atoms with Crippen LogP contribution in [0.25, 0.3) is 0 Å². The summed E-state index contributed by atoms with van der Waals surface area (Å²) in [5, 5.41) is 9.80. The Bertz CT molecular complexity index is 293. The lowest BCUT2D eigenvalue weighted by molar-refractivity contribution is 0.0908. The van der Waals surface area contributed by atoms with Crippen molar-refractivity contribution >= 4 is 33.4 Å². The van der Waals surface area contributed by atoms with Crippen LogP contribution in [0.2, 0.25) is 0 Å². The normalized spacial score (nSPS) is 18.1. The predicted octanol–water partition coefficient (Wildman–Crippen LogP) is 0.895. The standard InChI is InChI=1S/C9H20ClNO3S2/c1-8(4-10)5-16(13,14)11-6-9(2,12)7-15-3/h8,11-12H,4-7H2,1-3H3. The number of nitrogens with one attached hydrogen (secondary N) is 1. The van der Waals surface area contributed by atoms with E-state index >= 15 is 0 Å². The molecule has 16 heavy (non-hydrogen) atoms. The molecule has 0 aromatic heterocycles. The number of hydrogen-bond donors (Lipinski definition) is 2. The van der Waals surface area contributed by atoms with E-state index in [0.29, 0.717) is 11.6 Å². The molecular formula is C9H20ClNO3S2. The van der Waals surface area contributed by atoms with Crippen molar-refractivity contribution in [2.24, 2.45) is 5.92 Å². The summed E-state index contributed by atoms with van der Waals surface area (Å²) in [6.45, 7) is 3.41. The van der Waals surface area contributed by atoms with E-state index in [9.17, 15) is 13.5 Å². The van der Waals surface area contributed by atoms with Gasteiger partial charge in [0.2, 0.25) is 10.0 Å². The third-order valence-electron chi connectivity index (χ3n) is 1.90. The zero-order chi connectivity index (χ0) is 12.8. The number of sulfonamides is 1. The maximum atomic E-state index is 11.6. The summed E-state index contributed by atoms with van der Waals surface area (Å²) >= 11 is 7.02. The van der Waals surface area contributed by atoms with Crippen LogP contribution in [0.4, 0.5) is 0 Å². The van der Waals surface area contributed by atoms with Crippen LogP contribution in [0, 0.1) is 5.92 Å². The van der Waals surface area contributed by atoms with E-state index in [4.69, 9.17) is 11.6 Å². The maximum absolute atomic E-state index is 11.6. The molecule has 0 aliphatic carbocycles. The van der Waals surface area contributed by atoms with Crippen LogP contribution < -0.4 is 4.72 Å². The fraction of sp³-hybridized carbons (Fsp3) is 1.00. The zero-order valence-corrected chi connectivity index (χ0v) is 12.3. The Morgan fingerprint density at radius 3 is 2.56 bits per heavy atom. The summed E-state index contributed by atoms with van der Waals surface area (Å²) < 4.78 is 25.5. The number of alkyl halides is 1. The lowest BCUT2D eigenvalue weighted by Crippen LogP contribution is -2.43. The van der Waals surface area contributed by atoms with Crippen molar-refractivity contribution < 1.29 is 13.5 Å². The minimum absolute atomic E-state index is 0.00809. The number of halogens is 1. The van der Waals surface area contributed by atoms with Gasteiger partial charge in [0, 0.05) is 18.2 Å². The first-order valence-corrected chi connectivity index (χ1v) is 8.55. The average molecular weight is 290 g/mol. The molecule has 98 valence electrons. The zero-order valence-electron chi connectivity index (χ0n) is 9.86. The topological polar surface area (TPSA) is 66.4 Å². The summed E-state index contributed by atoms with van der Waals surface area (Å²) in [5.74, 6) is 0.693. The van der Waals surface area contributed by atoms with Crippen LogP contribution in [0.5, 0.6) is 0 Å². The SMILES string of the molecule is CSCC(C)(O)CNS(=O)(=O)CC(C)CCl. The van der Waals surface area contributed by atoms with Crippen LogP contribution in [0.3, 0.4) is 0 Å². The Balaban J connectivity index is 4.18. The van der Waals surface area contributed by atoms with Crippen molar-refractivity contribution in [3.8, 4) is 0 Å². The largest absolute Gasteiger partial charge is 0.388 e. The molecule has 0 bridgehead atoms. The molecular weight excluding hydrogens is 270 g/mol. The fourth-order valence-electron chi connectivity index (χ4n) is 1.11. The van der Waals surface area contributed by atoms with E-state index in [1.165, 1.54) is 11.8 Å². The van der Waals surface area contributed by atoms with Gasteiger partial charge in [0.1, 0.15) is 0 Å². The number of aliphatic hydroxyl groups is 1. The summed E-state index contributed by atoms with van der Waals surface area (Å²) in [6, 6.07) is 0. The second-order valence-electron chi connectivity index (χ2n) is 4.29. The van der Waals surface area contributed by atoms with Gasteiger partial charge in [-0.1, -0.05) is 6.92 Å². The average Bonchev–Trinajstić information content (AvgIpc) is 2.14. The summed E-state index contributed by atoms with van der Waals surface area (Å²) in [4.78, 5) is 0. The Labute approximate surface area is 107 Å². The third kappa shape index (κ3) is 7.73. The summed E-state index contributed by atoms with van der Waals surface area (Å²) in [6.07, 6.45) is 1.86. The van der Waals surface area contributed by atoms with Gasteiger partial charge >= 0.3 is 0 Å². The molecule has 4 nitrogen and oxygen atoms in total. The van der Waals surface area contributed by atoms with Crippen LogP contribution >= 0.6 is 23.4 Å². The van der Waals surface area contributed by atoms with Crippen molar-refractivity contribution in [2.75, 3.05) is 30.2 Å². The first-order chi connectivity index (χ1) is 7.22. The van der Waals surface area contributed by atoms with Crippen LogP contribution in [0.1, 0.15) is 13.8 Å².